The molecule has 0 N–H and O–H groups in total. The van der Waals surface area contributed by atoms with E-state index in [4.69, 9.17) is 0 Å². The quantitative estimate of drug-likeness (QED) is 0.396. The van der Waals surface area contributed by atoms with Gasteiger partial charge in [0.05, 0.1) is 0 Å². The van der Waals surface area contributed by atoms with Crippen LogP contribution in [0.2, 0.25) is 0 Å². The molecule has 0 spiro atoms. The molecule has 0 aromatic carbocycles. The predicted octanol–water partition coefficient (Wildman–Crippen LogP) is 5.60. The summed E-state index contributed by atoms with van der Waals surface area (Å²) in [5.74, 6) is 0. The fraction of sp³-hybridized carbons (Fsp3) is 1.00. The Kier molecular flexibility index (Phi) is 79.3. The van der Waals surface area contributed by atoms with E-state index in [1.807, 2.05) is 55.4 Å². The fourth-order valence-electron chi connectivity index (χ4n) is 0.894. The summed E-state index contributed by atoms with van der Waals surface area (Å²) in [4.78, 5) is 0. The minimum absolute atomic E-state index is 0. The van der Waals surface area contributed by atoms with E-state index in [0.717, 1.165) is 52.4 Å². The van der Waals surface area contributed by atoms with Gasteiger partial charge in [-0.25, -0.2) is 0 Å². The van der Waals surface area contributed by atoms with Gasteiger partial charge < -0.3 is 21.3 Å². The monoisotopic (exact) mass is 526 g/mol. The number of nitrogens with zero attached hydrogens (tertiary/aromatic N) is 4. The van der Waals surface area contributed by atoms with Crippen molar-refractivity contribution in [1.29, 1.82) is 0 Å². The van der Waals surface area contributed by atoms with E-state index < -0.39 is 0 Å². The number of rotatable bonds is 8. The van der Waals surface area contributed by atoms with Gasteiger partial charge in [0.2, 0.25) is 0 Å². The molecule has 4 nitrogen and oxygen atoms in total. The molecule has 0 atom stereocenters. The van der Waals surface area contributed by atoms with Crippen molar-refractivity contribution in [3.63, 3.8) is 0 Å². The van der Waals surface area contributed by atoms with Gasteiger partial charge in [0.15, 0.2) is 0 Å². The first-order chi connectivity index (χ1) is 9.66. The molecule has 0 fully saturated rings. The van der Waals surface area contributed by atoms with Gasteiger partial charge in [0.1, 0.15) is 0 Å². The molecule has 0 aliphatic rings. The van der Waals surface area contributed by atoms with E-state index in [1.54, 1.807) is 0 Å². The van der Waals surface area contributed by atoms with Crippen LogP contribution in [0.1, 0.15) is 55.4 Å². The van der Waals surface area contributed by atoms with Crippen molar-refractivity contribution in [1.82, 2.24) is 0 Å². The van der Waals surface area contributed by atoms with Gasteiger partial charge in [-0.05, 0) is 0 Å². The maximum atomic E-state index is 3.97. The number of hydrogen-bond donors (Lipinski definition) is 0. The molecular weight excluding hydrogens is 486 g/mol. The minimum atomic E-state index is 0. The van der Waals surface area contributed by atoms with E-state index >= 15 is 0 Å². The smallest absolute Gasteiger partial charge is 0 e. The first-order valence-electron chi connectivity index (χ1n) is 8.19. The largest absolute Gasteiger partial charge is 0.663 e. The first-order valence-corrected chi connectivity index (χ1v) is 8.19. The zero-order chi connectivity index (χ0) is 16.5. The van der Waals surface area contributed by atoms with Gasteiger partial charge in [0, 0.05) is 31.1 Å². The van der Waals surface area contributed by atoms with Crippen molar-refractivity contribution in [3.8, 4) is 0 Å². The Labute approximate surface area is 159 Å². The molecule has 0 aliphatic carbocycles. The Morgan fingerprint density at radius 3 is 0.429 bits per heavy atom. The summed E-state index contributed by atoms with van der Waals surface area (Å²) < 4.78 is 0. The van der Waals surface area contributed by atoms with Crippen LogP contribution in [0.3, 0.4) is 0 Å². The summed E-state index contributed by atoms with van der Waals surface area (Å²) in [5, 5.41) is 15.9. The molecular formula is C16H40N4U-4. The summed E-state index contributed by atoms with van der Waals surface area (Å²) in [6, 6.07) is 0. The van der Waals surface area contributed by atoms with Gasteiger partial charge >= 0.3 is 0 Å². The van der Waals surface area contributed by atoms with Gasteiger partial charge in [-0.2, -0.15) is 52.4 Å². The average Bonchev–Trinajstić information content (AvgIpc) is 2.44. The van der Waals surface area contributed by atoms with Crippen molar-refractivity contribution >= 4 is 0 Å². The van der Waals surface area contributed by atoms with Crippen molar-refractivity contribution < 1.29 is 31.1 Å². The molecule has 0 aliphatic heterocycles. The van der Waals surface area contributed by atoms with E-state index in [9.17, 15) is 0 Å². The normalized spacial score (nSPS) is 8.00. The summed E-state index contributed by atoms with van der Waals surface area (Å²) in [5.41, 5.74) is 0. The zero-order valence-corrected chi connectivity index (χ0v) is 20.1. The third kappa shape index (κ3) is 94.3. The van der Waals surface area contributed by atoms with Gasteiger partial charge in [-0.15, -0.1) is 0 Å². The van der Waals surface area contributed by atoms with Crippen LogP contribution in [-0.2, 0) is 0 Å². The Morgan fingerprint density at radius 1 is 0.333 bits per heavy atom. The maximum absolute atomic E-state index is 3.97. The maximum Gasteiger partial charge on any atom is 0 e. The van der Waals surface area contributed by atoms with Crippen molar-refractivity contribution in [2.75, 3.05) is 52.4 Å². The van der Waals surface area contributed by atoms with E-state index in [0.29, 0.717) is 0 Å². The first kappa shape index (κ1) is 33.5. The van der Waals surface area contributed by atoms with Crippen molar-refractivity contribution in [3.05, 3.63) is 21.3 Å². The second kappa shape index (κ2) is 49.7. The molecule has 0 heterocycles. The third-order valence-electron chi connectivity index (χ3n) is 1.79. The second-order valence-electron chi connectivity index (χ2n) is 3.42. The van der Waals surface area contributed by atoms with Gasteiger partial charge in [0.25, 0.3) is 0 Å². The molecule has 0 saturated heterocycles. The molecule has 5 heteroatoms. The molecule has 0 aromatic heterocycles. The fourth-order valence-corrected chi connectivity index (χ4v) is 0.894. The summed E-state index contributed by atoms with van der Waals surface area (Å²) in [7, 11) is 0. The SMILES string of the molecule is CC[N-]CC.CC[N-]CC.CC[N-]CC.CC[N-]CC.[U]. The van der Waals surface area contributed by atoms with E-state index in [-0.39, 0.29) is 31.1 Å². The second-order valence-corrected chi connectivity index (χ2v) is 3.42. The van der Waals surface area contributed by atoms with Crippen LogP contribution < -0.4 is 0 Å². The Morgan fingerprint density at radius 2 is 0.429 bits per heavy atom. The average molecular weight is 527 g/mol. The van der Waals surface area contributed by atoms with Crippen LogP contribution in [0.25, 0.3) is 21.3 Å². The van der Waals surface area contributed by atoms with Crippen LogP contribution in [-0.4, -0.2) is 52.4 Å². The molecule has 0 bridgehead atoms. The molecule has 0 aromatic rings. The Bertz CT molecular complexity index is 74.3. The van der Waals surface area contributed by atoms with Gasteiger partial charge in [-0.3, -0.25) is 0 Å². The molecule has 0 unspecified atom stereocenters. The minimum Gasteiger partial charge on any atom is -0.663 e. The third-order valence-corrected chi connectivity index (χ3v) is 1.79. The van der Waals surface area contributed by atoms with Crippen LogP contribution in [0.4, 0.5) is 0 Å². The van der Waals surface area contributed by atoms with Gasteiger partial charge in [-0.1, -0.05) is 55.4 Å². The van der Waals surface area contributed by atoms with Crippen LogP contribution >= 0.6 is 0 Å². The topological polar surface area (TPSA) is 56.4 Å². The molecule has 0 amide bonds. The molecule has 0 radical (unpaired) electrons. The molecule has 21 heavy (non-hydrogen) atoms. The summed E-state index contributed by atoms with van der Waals surface area (Å²) >= 11 is 0. The van der Waals surface area contributed by atoms with E-state index in [2.05, 4.69) is 21.3 Å². The predicted molar refractivity (Wildman–Crippen MR) is 97.8 cm³/mol. The zero-order valence-electron chi connectivity index (χ0n) is 15.9. The standard InChI is InChI=1S/4C4H10N.U/c4*1-3-5-4-2;/h4*3-4H2,1-2H3;/q4*-1;. The van der Waals surface area contributed by atoms with Crippen LogP contribution in [0.5, 0.6) is 0 Å². The van der Waals surface area contributed by atoms with E-state index in [1.165, 1.54) is 0 Å². The molecule has 132 valence electrons. The molecule has 0 rings (SSSR count). The Hall–Kier alpha value is 0.892. The Balaban J connectivity index is -0.0000000533. The summed E-state index contributed by atoms with van der Waals surface area (Å²) in [6.07, 6.45) is 0. The molecule has 0 saturated carbocycles. The van der Waals surface area contributed by atoms with Crippen molar-refractivity contribution in [2.45, 2.75) is 55.4 Å². The van der Waals surface area contributed by atoms with Crippen molar-refractivity contribution in [2.24, 2.45) is 0 Å². The van der Waals surface area contributed by atoms with Crippen LogP contribution in [0.15, 0.2) is 0 Å². The summed E-state index contributed by atoms with van der Waals surface area (Å²) in [6.45, 7) is 24.1. The van der Waals surface area contributed by atoms with Crippen LogP contribution in [0, 0.1) is 31.1 Å². The number of hydrogen-bond acceptors (Lipinski definition) is 0.